The molecule has 6 heteroatoms. The van der Waals surface area contributed by atoms with Gasteiger partial charge in [0.1, 0.15) is 0 Å². The molecule has 2 aliphatic rings. The van der Waals surface area contributed by atoms with Gasteiger partial charge in [-0.1, -0.05) is 48.5 Å². The summed E-state index contributed by atoms with van der Waals surface area (Å²) in [5.41, 5.74) is 3.12. The Morgan fingerprint density at radius 3 is 2.63 bits per heavy atom. The van der Waals surface area contributed by atoms with E-state index in [1.54, 1.807) is 0 Å². The summed E-state index contributed by atoms with van der Waals surface area (Å²) in [5, 5.41) is 6.17. The summed E-state index contributed by atoms with van der Waals surface area (Å²) in [7, 11) is 0. The van der Waals surface area contributed by atoms with Crippen molar-refractivity contribution in [1.82, 2.24) is 10.2 Å². The summed E-state index contributed by atoms with van der Waals surface area (Å²) in [6.45, 7) is 3.97. The molecule has 30 heavy (non-hydrogen) atoms. The van der Waals surface area contributed by atoms with Crippen LogP contribution in [0.4, 0.5) is 5.69 Å². The number of fused-ring (bicyclic) bond motifs is 1. The van der Waals surface area contributed by atoms with E-state index in [-0.39, 0.29) is 23.8 Å². The second-order valence-electron chi connectivity index (χ2n) is 8.03. The molecule has 2 aliphatic heterocycles. The molecule has 0 bridgehead atoms. The molecular weight excluding hydrogens is 378 g/mol. The maximum Gasteiger partial charge on any atom is 0.227 e. The predicted octanol–water partition coefficient (Wildman–Crippen LogP) is 2.77. The van der Waals surface area contributed by atoms with Gasteiger partial charge in [0.2, 0.25) is 11.8 Å². The minimum atomic E-state index is -0.167. The fourth-order valence-corrected chi connectivity index (χ4v) is 4.18. The van der Waals surface area contributed by atoms with Gasteiger partial charge < -0.3 is 15.4 Å². The number of carbonyl (C=O) groups excluding carboxylic acids is 2. The largest absolute Gasteiger partial charge is 0.379 e. The first kappa shape index (κ1) is 20.6. The summed E-state index contributed by atoms with van der Waals surface area (Å²) in [4.78, 5) is 27.5. The van der Waals surface area contributed by atoms with Crippen LogP contribution in [0.25, 0.3) is 0 Å². The fraction of sp³-hybridized carbons (Fsp3) is 0.417. The van der Waals surface area contributed by atoms with Crippen LogP contribution in [-0.4, -0.2) is 49.6 Å². The van der Waals surface area contributed by atoms with E-state index in [9.17, 15) is 9.59 Å². The average Bonchev–Trinajstić information content (AvgIpc) is 2.78. The molecule has 2 aromatic rings. The highest BCUT2D eigenvalue weighted by Crippen LogP contribution is 2.27. The number of para-hydroxylation sites is 1. The quantitative estimate of drug-likeness (QED) is 0.741. The van der Waals surface area contributed by atoms with E-state index < -0.39 is 0 Å². The minimum Gasteiger partial charge on any atom is -0.379 e. The predicted molar refractivity (Wildman–Crippen MR) is 116 cm³/mol. The maximum absolute atomic E-state index is 12.8. The lowest BCUT2D eigenvalue weighted by Gasteiger charge is -2.31. The van der Waals surface area contributed by atoms with Gasteiger partial charge >= 0.3 is 0 Å². The van der Waals surface area contributed by atoms with Gasteiger partial charge in [0.05, 0.1) is 19.3 Å². The molecule has 2 N–H and O–H groups in total. The molecule has 2 atom stereocenters. The topological polar surface area (TPSA) is 70.7 Å². The number of nitrogens with one attached hydrogen (secondary N) is 2. The molecule has 2 aromatic carbocycles. The van der Waals surface area contributed by atoms with E-state index in [0.29, 0.717) is 19.3 Å². The lowest BCUT2D eigenvalue weighted by molar-refractivity contribution is -0.123. The van der Waals surface area contributed by atoms with E-state index in [1.807, 2.05) is 42.5 Å². The van der Waals surface area contributed by atoms with Crippen LogP contribution < -0.4 is 10.6 Å². The summed E-state index contributed by atoms with van der Waals surface area (Å²) >= 11 is 0. The van der Waals surface area contributed by atoms with Crippen molar-refractivity contribution in [3.05, 3.63) is 65.7 Å². The third kappa shape index (κ3) is 5.26. The highest BCUT2D eigenvalue weighted by atomic mass is 16.5. The van der Waals surface area contributed by atoms with Crippen molar-refractivity contribution in [2.45, 2.75) is 25.3 Å². The number of rotatable bonds is 7. The van der Waals surface area contributed by atoms with Crippen LogP contribution in [-0.2, 0) is 20.7 Å². The van der Waals surface area contributed by atoms with Gasteiger partial charge in [-0.25, -0.2) is 0 Å². The normalized spacial score (nSPS) is 20.1. The van der Waals surface area contributed by atoms with Crippen molar-refractivity contribution < 1.29 is 14.3 Å². The zero-order chi connectivity index (χ0) is 20.8. The SMILES string of the molecule is O=C(CCC1Cc2ccccc2NC1=O)NC(CN1CCOCC1)c1ccccc1. The standard InChI is InChI=1S/C24H29N3O3/c28-23(11-10-20-16-19-8-4-5-9-21(19)26-24(20)29)25-22(18-6-2-1-3-7-18)17-27-12-14-30-15-13-27/h1-9,20,22H,10-17H2,(H,25,28)(H,26,29). The highest BCUT2D eigenvalue weighted by molar-refractivity contribution is 5.96. The average molecular weight is 408 g/mol. The second-order valence-corrected chi connectivity index (χ2v) is 8.03. The summed E-state index contributed by atoms with van der Waals surface area (Å²) in [6.07, 6.45) is 1.57. The molecule has 0 radical (unpaired) electrons. The monoisotopic (exact) mass is 407 g/mol. The molecule has 1 saturated heterocycles. The molecule has 0 saturated carbocycles. The van der Waals surface area contributed by atoms with Crippen molar-refractivity contribution in [1.29, 1.82) is 0 Å². The fourth-order valence-electron chi connectivity index (χ4n) is 4.18. The first-order valence-corrected chi connectivity index (χ1v) is 10.7. The van der Waals surface area contributed by atoms with Crippen molar-refractivity contribution in [2.75, 3.05) is 38.2 Å². The molecule has 2 heterocycles. The van der Waals surface area contributed by atoms with E-state index >= 15 is 0 Å². The number of hydrogen-bond acceptors (Lipinski definition) is 4. The molecule has 2 amide bonds. The smallest absolute Gasteiger partial charge is 0.227 e. The Balaban J connectivity index is 1.35. The number of nitrogens with zero attached hydrogens (tertiary/aromatic N) is 1. The number of benzene rings is 2. The molecule has 158 valence electrons. The van der Waals surface area contributed by atoms with Gasteiger partial charge in [0.25, 0.3) is 0 Å². The Bertz CT molecular complexity index is 865. The Morgan fingerprint density at radius 1 is 1.10 bits per heavy atom. The van der Waals surface area contributed by atoms with Gasteiger partial charge in [-0.3, -0.25) is 14.5 Å². The van der Waals surface area contributed by atoms with Gasteiger partial charge in [-0.2, -0.15) is 0 Å². The van der Waals surface area contributed by atoms with E-state index in [1.165, 1.54) is 0 Å². The Labute approximate surface area is 177 Å². The van der Waals surface area contributed by atoms with E-state index in [0.717, 1.165) is 49.7 Å². The Kier molecular flexibility index (Phi) is 6.77. The summed E-state index contributed by atoms with van der Waals surface area (Å²) in [6, 6.07) is 17.9. The third-order valence-corrected chi connectivity index (χ3v) is 5.91. The zero-order valence-electron chi connectivity index (χ0n) is 17.2. The lowest BCUT2D eigenvalue weighted by Crippen LogP contribution is -2.43. The van der Waals surface area contributed by atoms with Gasteiger partial charge in [0, 0.05) is 37.7 Å². The third-order valence-electron chi connectivity index (χ3n) is 5.91. The number of carbonyl (C=O) groups is 2. The number of anilines is 1. The summed E-state index contributed by atoms with van der Waals surface area (Å²) < 4.78 is 5.44. The van der Waals surface area contributed by atoms with Crippen LogP contribution in [0, 0.1) is 5.92 Å². The van der Waals surface area contributed by atoms with Crippen LogP contribution in [0.15, 0.2) is 54.6 Å². The Hall–Kier alpha value is -2.70. The van der Waals surface area contributed by atoms with Gasteiger partial charge in [0.15, 0.2) is 0 Å². The van der Waals surface area contributed by atoms with Crippen molar-refractivity contribution in [3.63, 3.8) is 0 Å². The molecule has 0 aliphatic carbocycles. The molecule has 4 rings (SSSR count). The Morgan fingerprint density at radius 2 is 1.83 bits per heavy atom. The van der Waals surface area contributed by atoms with Gasteiger partial charge in [-0.15, -0.1) is 0 Å². The van der Waals surface area contributed by atoms with E-state index in [2.05, 4.69) is 27.7 Å². The van der Waals surface area contributed by atoms with Crippen LogP contribution in [0.1, 0.15) is 30.0 Å². The number of hydrogen-bond donors (Lipinski definition) is 2. The number of amides is 2. The number of morpholine rings is 1. The van der Waals surface area contributed by atoms with Crippen molar-refractivity contribution in [3.8, 4) is 0 Å². The zero-order valence-corrected chi connectivity index (χ0v) is 17.2. The van der Waals surface area contributed by atoms with Crippen LogP contribution in [0.5, 0.6) is 0 Å². The van der Waals surface area contributed by atoms with Gasteiger partial charge in [-0.05, 0) is 30.0 Å². The molecule has 0 aromatic heterocycles. The molecular formula is C24H29N3O3. The maximum atomic E-state index is 12.8. The highest BCUT2D eigenvalue weighted by Gasteiger charge is 2.27. The summed E-state index contributed by atoms with van der Waals surface area (Å²) in [5.74, 6) is -0.168. The first-order valence-electron chi connectivity index (χ1n) is 10.7. The van der Waals surface area contributed by atoms with Crippen LogP contribution in [0.2, 0.25) is 0 Å². The molecule has 6 nitrogen and oxygen atoms in total. The minimum absolute atomic E-state index is 0.00873. The van der Waals surface area contributed by atoms with Crippen LogP contribution in [0.3, 0.4) is 0 Å². The van der Waals surface area contributed by atoms with Crippen molar-refractivity contribution >= 4 is 17.5 Å². The molecule has 1 fully saturated rings. The first-order chi connectivity index (χ1) is 14.7. The van der Waals surface area contributed by atoms with Crippen LogP contribution >= 0.6 is 0 Å². The lowest BCUT2D eigenvalue weighted by atomic mass is 9.89. The molecule has 0 spiro atoms. The van der Waals surface area contributed by atoms with E-state index in [4.69, 9.17) is 4.74 Å². The number of ether oxygens (including phenoxy) is 1. The second kappa shape index (κ2) is 9.87. The van der Waals surface area contributed by atoms with Crippen molar-refractivity contribution in [2.24, 2.45) is 5.92 Å². The molecule has 2 unspecified atom stereocenters.